The predicted octanol–water partition coefficient (Wildman–Crippen LogP) is 2.11. The van der Waals surface area contributed by atoms with Gasteiger partial charge >= 0.3 is 0 Å². The number of nitro benzene ring substituents is 1. The van der Waals surface area contributed by atoms with E-state index in [2.05, 4.69) is 5.32 Å². The molecule has 2 rings (SSSR count). The van der Waals surface area contributed by atoms with Crippen LogP contribution in [0.5, 0.6) is 0 Å². The second-order valence-electron chi connectivity index (χ2n) is 4.59. The third-order valence-electron chi connectivity index (χ3n) is 3.28. The van der Waals surface area contributed by atoms with Crippen molar-refractivity contribution in [1.29, 1.82) is 0 Å². The summed E-state index contributed by atoms with van der Waals surface area (Å²) in [5.41, 5.74) is 0.784. The molecule has 0 bridgehead atoms. The zero-order valence-corrected chi connectivity index (χ0v) is 10.3. The van der Waals surface area contributed by atoms with E-state index >= 15 is 0 Å². The van der Waals surface area contributed by atoms with Crippen molar-refractivity contribution < 1.29 is 9.66 Å². The Morgan fingerprint density at radius 1 is 1.44 bits per heavy atom. The van der Waals surface area contributed by atoms with Crippen molar-refractivity contribution in [3.63, 3.8) is 0 Å². The number of ether oxygens (including phenoxy) is 1. The van der Waals surface area contributed by atoms with Crippen molar-refractivity contribution in [2.75, 3.05) is 19.7 Å². The molecule has 1 aliphatic heterocycles. The van der Waals surface area contributed by atoms with Crippen LogP contribution in [0.25, 0.3) is 0 Å². The summed E-state index contributed by atoms with van der Waals surface area (Å²) in [7, 11) is 0. The van der Waals surface area contributed by atoms with Crippen molar-refractivity contribution >= 4 is 5.69 Å². The van der Waals surface area contributed by atoms with Crippen LogP contribution in [0.3, 0.4) is 0 Å². The fourth-order valence-corrected chi connectivity index (χ4v) is 2.20. The number of para-hydroxylation sites is 1. The zero-order chi connectivity index (χ0) is 12.8. The van der Waals surface area contributed by atoms with Gasteiger partial charge in [-0.1, -0.05) is 12.1 Å². The molecule has 0 amide bonds. The van der Waals surface area contributed by atoms with Crippen molar-refractivity contribution in [3.8, 4) is 0 Å². The molecule has 0 saturated carbocycles. The summed E-state index contributed by atoms with van der Waals surface area (Å²) in [4.78, 5) is 10.4. The number of hydrogen-bond donors (Lipinski definition) is 1. The predicted molar refractivity (Wildman–Crippen MR) is 68.3 cm³/mol. The van der Waals surface area contributed by atoms with Gasteiger partial charge in [0.25, 0.3) is 5.69 Å². The normalized spacial score (nSPS) is 19.0. The summed E-state index contributed by atoms with van der Waals surface area (Å²) in [6.07, 6.45) is 2.22. The van der Waals surface area contributed by atoms with Crippen LogP contribution in [-0.4, -0.2) is 24.6 Å². The van der Waals surface area contributed by atoms with E-state index in [1.54, 1.807) is 18.2 Å². The van der Waals surface area contributed by atoms with Gasteiger partial charge in [-0.25, -0.2) is 0 Å². The number of nitro groups is 1. The van der Waals surface area contributed by atoms with Crippen molar-refractivity contribution in [2.45, 2.75) is 19.4 Å². The van der Waals surface area contributed by atoms with E-state index in [-0.39, 0.29) is 10.6 Å². The van der Waals surface area contributed by atoms with Crippen LogP contribution in [0.4, 0.5) is 5.69 Å². The maximum Gasteiger partial charge on any atom is 0.274 e. The first-order valence-electron chi connectivity index (χ1n) is 6.28. The lowest BCUT2D eigenvalue weighted by molar-refractivity contribution is -0.385. The Morgan fingerprint density at radius 3 is 3.00 bits per heavy atom. The fourth-order valence-electron chi connectivity index (χ4n) is 2.20. The number of rotatable bonds is 6. The van der Waals surface area contributed by atoms with Crippen LogP contribution < -0.4 is 5.32 Å². The largest absolute Gasteiger partial charge is 0.376 e. The molecular formula is C13H18N2O3. The molecule has 5 nitrogen and oxygen atoms in total. The standard InChI is InChI=1S/C13H18N2O3/c16-15(17)13-4-2-1-3-12(13)10-18-8-6-11-5-7-14-9-11/h1-4,11,14H,5-10H2. The van der Waals surface area contributed by atoms with Gasteiger partial charge in [-0.15, -0.1) is 0 Å². The van der Waals surface area contributed by atoms with Crippen LogP contribution >= 0.6 is 0 Å². The fraction of sp³-hybridized carbons (Fsp3) is 0.538. The highest BCUT2D eigenvalue weighted by atomic mass is 16.6. The maximum atomic E-state index is 10.8. The molecule has 98 valence electrons. The lowest BCUT2D eigenvalue weighted by atomic mass is 10.1. The van der Waals surface area contributed by atoms with Gasteiger partial charge < -0.3 is 10.1 Å². The molecule has 1 aliphatic rings. The zero-order valence-electron chi connectivity index (χ0n) is 10.3. The molecule has 1 fully saturated rings. The number of benzene rings is 1. The van der Waals surface area contributed by atoms with Gasteiger partial charge in [0.2, 0.25) is 0 Å². The van der Waals surface area contributed by atoms with Gasteiger partial charge in [-0.2, -0.15) is 0 Å². The first kappa shape index (κ1) is 13.0. The Labute approximate surface area is 106 Å². The van der Waals surface area contributed by atoms with E-state index in [9.17, 15) is 10.1 Å². The topological polar surface area (TPSA) is 64.4 Å². The Hall–Kier alpha value is -1.46. The molecule has 0 radical (unpaired) electrons. The second-order valence-corrected chi connectivity index (χ2v) is 4.59. The van der Waals surface area contributed by atoms with Crippen LogP contribution in [0.2, 0.25) is 0 Å². The summed E-state index contributed by atoms with van der Waals surface area (Å²) in [6, 6.07) is 6.73. The Morgan fingerprint density at radius 2 is 2.28 bits per heavy atom. The summed E-state index contributed by atoms with van der Waals surface area (Å²) >= 11 is 0. The van der Waals surface area contributed by atoms with Crippen LogP contribution in [0, 0.1) is 16.0 Å². The third kappa shape index (κ3) is 3.51. The van der Waals surface area contributed by atoms with Crippen molar-refractivity contribution in [3.05, 3.63) is 39.9 Å². The van der Waals surface area contributed by atoms with Crippen molar-refractivity contribution in [2.24, 2.45) is 5.92 Å². The summed E-state index contributed by atoms with van der Waals surface area (Å²) in [5, 5.41) is 14.1. The lowest BCUT2D eigenvalue weighted by Gasteiger charge is -2.08. The SMILES string of the molecule is O=[N+]([O-])c1ccccc1COCCC1CCNC1. The monoisotopic (exact) mass is 250 g/mol. The molecule has 0 aromatic heterocycles. The average Bonchev–Trinajstić information content (AvgIpc) is 2.88. The molecule has 1 aromatic carbocycles. The minimum Gasteiger partial charge on any atom is -0.376 e. The lowest BCUT2D eigenvalue weighted by Crippen LogP contribution is -2.11. The first-order chi connectivity index (χ1) is 8.77. The number of nitrogens with one attached hydrogen (secondary N) is 1. The van der Waals surface area contributed by atoms with E-state index in [4.69, 9.17) is 4.74 Å². The van der Waals surface area contributed by atoms with Gasteiger partial charge in [0, 0.05) is 12.7 Å². The molecule has 1 unspecified atom stereocenters. The van der Waals surface area contributed by atoms with E-state index in [1.807, 2.05) is 0 Å². The molecule has 0 aliphatic carbocycles. The molecule has 18 heavy (non-hydrogen) atoms. The number of nitrogens with zero attached hydrogens (tertiary/aromatic N) is 1. The average molecular weight is 250 g/mol. The van der Waals surface area contributed by atoms with Crippen LogP contribution in [-0.2, 0) is 11.3 Å². The Bertz CT molecular complexity index is 403. The molecule has 1 N–H and O–H groups in total. The molecule has 1 aromatic rings. The second kappa shape index (κ2) is 6.47. The Balaban J connectivity index is 1.77. The van der Waals surface area contributed by atoms with Gasteiger partial charge in [0.1, 0.15) is 0 Å². The molecule has 0 spiro atoms. The molecule has 1 saturated heterocycles. The van der Waals surface area contributed by atoms with Gasteiger partial charge in [-0.05, 0) is 37.9 Å². The summed E-state index contributed by atoms with van der Waals surface area (Å²) < 4.78 is 5.54. The maximum absolute atomic E-state index is 10.8. The Kier molecular flexibility index (Phi) is 4.66. The minimum atomic E-state index is -0.362. The van der Waals surface area contributed by atoms with E-state index in [1.165, 1.54) is 12.5 Å². The molecule has 5 heteroatoms. The molecular weight excluding hydrogens is 232 g/mol. The van der Waals surface area contributed by atoms with Crippen LogP contribution in [0.1, 0.15) is 18.4 Å². The number of hydrogen-bond acceptors (Lipinski definition) is 4. The summed E-state index contributed by atoms with van der Waals surface area (Å²) in [6.45, 7) is 3.14. The highest BCUT2D eigenvalue weighted by Crippen LogP contribution is 2.19. The van der Waals surface area contributed by atoms with Gasteiger partial charge in [-0.3, -0.25) is 10.1 Å². The van der Waals surface area contributed by atoms with Gasteiger partial charge in [0.15, 0.2) is 0 Å². The van der Waals surface area contributed by atoms with E-state index in [0.717, 1.165) is 19.5 Å². The van der Waals surface area contributed by atoms with Gasteiger partial charge in [0.05, 0.1) is 17.1 Å². The molecule has 1 atom stereocenters. The minimum absolute atomic E-state index is 0.139. The smallest absolute Gasteiger partial charge is 0.274 e. The third-order valence-corrected chi connectivity index (χ3v) is 3.28. The van der Waals surface area contributed by atoms with E-state index in [0.29, 0.717) is 24.7 Å². The first-order valence-corrected chi connectivity index (χ1v) is 6.28. The quantitative estimate of drug-likeness (QED) is 0.477. The summed E-state index contributed by atoms with van der Waals surface area (Å²) in [5.74, 6) is 0.691. The molecule has 1 heterocycles. The van der Waals surface area contributed by atoms with E-state index < -0.39 is 0 Å². The van der Waals surface area contributed by atoms with Crippen LogP contribution in [0.15, 0.2) is 24.3 Å². The highest BCUT2D eigenvalue weighted by molar-refractivity contribution is 5.39. The highest BCUT2D eigenvalue weighted by Gasteiger charge is 2.15. The van der Waals surface area contributed by atoms with Crippen molar-refractivity contribution in [1.82, 2.24) is 5.32 Å².